The summed E-state index contributed by atoms with van der Waals surface area (Å²) in [4.78, 5) is 42.9. The van der Waals surface area contributed by atoms with Crippen LogP contribution in [0, 0.1) is 6.92 Å². The summed E-state index contributed by atoms with van der Waals surface area (Å²) in [6.07, 6.45) is 0. The molecule has 0 bridgehead atoms. The lowest BCUT2D eigenvalue weighted by Crippen LogP contribution is -2.33. The maximum atomic E-state index is 13.4. The third kappa shape index (κ3) is 6.55. The topological polar surface area (TPSA) is 125 Å². The van der Waals surface area contributed by atoms with Gasteiger partial charge < -0.3 is 29.6 Å². The molecule has 10 heteroatoms. The Morgan fingerprint density at radius 3 is 2.27 bits per heavy atom. The number of nitrogens with one attached hydrogen (secondary N) is 2. The van der Waals surface area contributed by atoms with Gasteiger partial charge in [-0.3, -0.25) is 9.59 Å². The number of methoxy groups -OCH3 is 3. The zero-order valence-electron chi connectivity index (χ0n) is 23.5. The van der Waals surface area contributed by atoms with E-state index in [2.05, 4.69) is 10.6 Å². The van der Waals surface area contributed by atoms with Crippen molar-refractivity contribution in [2.45, 2.75) is 13.8 Å². The Balaban J connectivity index is 1.61. The fraction of sp³-hybridized carbons (Fsp3) is 0.226. The lowest BCUT2D eigenvalue weighted by Gasteiger charge is -2.15. The van der Waals surface area contributed by atoms with Crippen molar-refractivity contribution in [1.29, 1.82) is 0 Å². The monoisotopic (exact) mass is 557 g/mol. The van der Waals surface area contributed by atoms with Crippen molar-refractivity contribution in [3.8, 4) is 28.5 Å². The van der Waals surface area contributed by atoms with Gasteiger partial charge in [0.1, 0.15) is 0 Å². The van der Waals surface area contributed by atoms with Gasteiger partial charge in [0.2, 0.25) is 11.7 Å². The van der Waals surface area contributed by atoms with Gasteiger partial charge >= 0.3 is 5.97 Å². The van der Waals surface area contributed by atoms with Gasteiger partial charge in [-0.25, -0.2) is 9.78 Å². The highest BCUT2D eigenvalue weighted by atomic mass is 16.5. The number of hydrogen-bond acceptors (Lipinski definition) is 8. The molecule has 0 aliphatic carbocycles. The highest BCUT2D eigenvalue weighted by Crippen LogP contribution is 2.41. The number of benzene rings is 3. The molecular weight excluding hydrogens is 526 g/mol. The number of aryl methyl sites for hydroxylation is 1. The molecule has 10 nitrogen and oxygen atoms in total. The number of carbonyl (C=O) groups excluding carboxylic acids is 3. The summed E-state index contributed by atoms with van der Waals surface area (Å²) in [6, 6.07) is 17.2. The van der Waals surface area contributed by atoms with Crippen molar-refractivity contribution in [3.63, 3.8) is 0 Å². The zero-order chi connectivity index (χ0) is 29.5. The summed E-state index contributed by atoms with van der Waals surface area (Å²) < 4.78 is 21.4. The van der Waals surface area contributed by atoms with E-state index >= 15 is 0 Å². The Morgan fingerprint density at radius 2 is 1.61 bits per heavy atom. The average Bonchev–Trinajstić information content (AvgIpc) is 2.98. The molecule has 41 heavy (non-hydrogen) atoms. The highest BCUT2D eigenvalue weighted by molar-refractivity contribution is 6.08. The maximum absolute atomic E-state index is 13.4. The summed E-state index contributed by atoms with van der Waals surface area (Å²) in [5, 5.41) is 6.02. The van der Waals surface area contributed by atoms with E-state index in [4.69, 9.17) is 23.9 Å². The van der Waals surface area contributed by atoms with E-state index in [0.29, 0.717) is 56.2 Å². The van der Waals surface area contributed by atoms with Crippen LogP contribution in [0.25, 0.3) is 22.2 Å². The first-order valence-corrected chi connectivity index (χ1v) is 12.8. The first-order chi connectivity index (χ1) is 19.8. The van der Waals surface area contributed by atoms with E-state index < -0.39 is 17.8 Å². The van der Waals surface area contributed by atoms with E-state index in [9.17, 15) is 14.4 Å². The Labute approximate surface area is 237 Å². The van der Waals surface area contributed by atoms with Gasteiger partial charge in [-0.05, 0) is 62.4 Å². The number of fused-ring (bicyclic) bond motifs is 1. The molecule has 2 N–H and O–H groups in total. The molecule has 0 aliphatic rings. The number of ether oxygens (including phenoxy) is 4. The Kier molecular flexibility index (Phi) is 9.03. The molecule has 0 saturated carbocycles. The van der Waals surface area contributed by atoms with Crippen molar-refractivity contribution in [2.24, 2.45) is 0 Å². The summed E-state index contributed by atoms with van der Waals surface area (Å²) in [6.45, 7) is 3.59. The maximum Gasteiger partial charge on any atom is 0.338 e. The highest BCUT2D eigenvalue weighted by Gasteiger charge is 2.19. The molecule has 1 aromatic heterocycles. The second-order valence-electron chi connectivity index (χ2n) is 9.02. The van der Waals surface area contributed by atoms with E-state index in [1.807, 2.05) is 25.1 Å². The molecule has 0 unspecified atom stereocenters. The van der Waals surface area contributed by atoms with Gasteiger partial charge in [0.05, 0.1) is 56.8 Å². The van der Waals surface area contributed by atoms with Crippen LogP contribution in [-0.2, 0) is 9.53 Å². The molecule has 0 saturated heterocycles. The third-order valence-electron chi connectivity index (χ3n) is 6.24. The van der Waals surface area contributed by atoms with Gasteiger partial charge in [0, 0.05) is 16.6 Å². The number of carbonyl (C=O) groups is 3. The van der Waals surface area contributed by atoms with Crippen molar-refractivity contribution in [2.75, 3.05) is 39.8 Å². The van der Waals surface area contributed by atoms with E-state index in [-0.39, 0.29) is 13.2 Å². The van der Waals surface area contributed by atoms with Crippen molar-refractivity contribution < 1.29 is 33.3 Å². The number of nitrogens with zero attached hydrogens (tertiary/aromatic N) is 1. The van der Waals surface area contributed by atoms with Crippen molar-refractivity contribution >= 4 is 34.4 Å². The normalized spacial score (nSPS) is 10.6. The summed E-state index contributed by atoms with van der Waals surface area (Å²) >= 11 is 0. The molecule has 3 aromatic carbocycles. The van der Waals surface area contributed by atoms with E-state index in [1.165, 1.54) is 27.4 Å². The third-order valence-corrected chi connectivity index (χ3v) is 6.24. The van der Waals surface area contributed by atoms with Crippen LogP contribution in [0.2, 0.25) is 0 Å². The smallest absolute Gasteiger partial charge is 0.338 e. The standard InChI is InChI=1S/C31H31N3O7/c1-6-41-31(37)19-8-7-9-21(13-19)33-28(35)17-32-30(36)23-16-25(34-24-11-10-18(2)12-22(23)24)20-14-26(38-3)29(40-5)27(15-20)39-4/h7-16H,6,17H2,1-5H3,(H,32,36)(H,33,35). The van der Waals surface area contributed by atoms with Gasteiger partial charge in [-0.2, -0.15) is 0 Å². The molecule has 0 aliphatic heterocycles. The van der Waals surface area contributed by atoms with Crippen LogP contribution < -0.4 is 24.8 Å². The first-order valence-electron chi connectivity index (χ1n) is 12.8. The molecular formula is C31H31N3O7. The second-order valence-corrected chi connectivity index (χ2v) is 9.02. The number of esters is 1. The Bertz CT molecular complexity index is 1590. The summed E-state index contributed by atoms with van der Waals surface area (Å²) in [7, 11) is 4.57. The SMILES string of the molecule is CCOC(=O)c1cccc(NC(=O)CNC(=O)c2cc(-c3cc(OC)c(OC)c(OC)c3)nc3ccc(C)cc23)c1. The van der Waals surface area contributed by atoms with Crippen LogP contribution in [0.5, 0.6) is 17.2 Å². The number of hydrogen-bond donors (Lipinski definition) is 2. The molecule has 0 spiro atoms. The van der Waals surface area contributed by atoms with Crippen LogP contribution in [-0.4, -0.2) is 57.2 Å². The van der Waals surface area contributed by atoms with Gasteiger partial charge in [0.15, 0.2) is 11.5 Å². The van der Waals surface area contributed by atoms with Crippen LogP contribution in [0.15, 0.2) is 60.7 Å². The fourth-order valence-electron chi connectivity index (χ4n) is 4.30. The lowest BCUT2D eigenvalue weighted by atomic mass is 10.0. The number of pyridine rings is 1. The Hall–Kier alpha value is -5.12. The predicted octanol–water partition coefficient (Wildman–Crippen LogP) is 4.78. The van der Waals surface area contributed by atoms with Gasteiger partial charge in [-0.15, -0.1) is 0 Å². The minimum atomic E-state index is -0.486. The number of amides is 2. The van der Waals surface area contributed by atoms with Crippen LogP contribution >= 0.6 is 0 Å². The minimum Gasteiger partial charge on any atom is -0.493 e. The number of rotatable bonds is 10. The average molecular weight is 558 g/mol. The number of aromatic nitrogens is 1. The summed E-state index contributed by atoms with van der Waals surface area (Å²) in [5.74, 6) is -0.0674. The first kappa shape index (κ1) is 28.9. The molecule has 0 radical (unpaired) electrons. The molecule has 1 heterocycles. The quantitative estimate of drug-likeness (QED) is 0.267. The largest absolute Gasteiger partial charge is 0.493 e. The van der Waals surface area contributed by atoms with E-state index in [1.54, 1.807) is 43.3 Å². The van der Waals surface area contributed by atoms with Crippen LogP contribution in [0.4, 0.5) is 5.69 Å². The molecule has 0 atom stereocenters. The lowest BCUT2D eigenvalue weighted by molar-refractivity contribution is -0.115. The zero-order valence-corrected chi connectivity index (χ0v) is 23.5. The predicted molar refractivity (Wildman–Crippen MR) is 155 cm³/mol. The second kappa shape index (κ2) is 12.8. The minimum absolute atomic E-state index is 0.242. The summed E-state index contributed by atoms with van der Waals surface area (Å²) in [5.41, 5.74) is 3.78. The molecule has 2 amide bonds. The van der Waals surface area contributed by atoms with Crippen molar-refractivity contribution in [3.05, 3.63) is 77.4 Å². The molecule has 0 fully saturated rings. The van der Waals surface area contributed by atoms with Crippen molar-refractivity contribution in [1.82, 2.24) is 10.3 Å². The van der Waals surface area contributed by atoms with Gasteiger partial charge in [-0.1, -0.05) is 17.7 Å². The van der Waals surface area contributed by atoms with Crippen LogP contribution in [0.3, 0.4) is 0 Å². The number of anilines is 1. The molecule has 4 aromatic rings. The van der Waals surface area contributed by atoms with E-state index in [0.717, 1.165) is 5.56 Å². The Morgan fingerprint density at radius 1 is 0.878 bits per heavy atom. The van der Waals surface area contributed by atoms with Gasteiger partial charge in [0.25, 0.3) is 5.91 Å². The molecule has 212 valence electrons. The molecule has 4 rings (SSSR count). The fourth-order valence-corrected chi connectivity index (χ4v) is 4.30. The van der Waals surface area contributed by atoms with Crippen LogP contribution in [0.1, 0.15) is 33.2 Å².